The van der Waals surface area contributed by atoms with E-state index >= 15 is 0 Å². The summed E-state index contributed by atoms with van der Waals surface area (Å²) < 4.78 is 0. The predicted octanol–water partition coefficient (Wildman–Crippen LogP) is 4.86. The highest BCUT2D eigenvalue weighted by Gasteiger charge is 2.61. The Balaban J connectivity index is 2.88. The molecule has 0 spiro atoms. The number of rotatable bonds is 2. The molecule has 1 rings (SSSR count). The first-order valence-corrected chi connectivity index (χ1v) is 7.46. The Hall–Kier alpha value is -0.0400. The van der Waals surface area contributed by atoms with Gasteiger partial charge in [0.25, 0.3) is 0 Å². The SMILES string of the molecule is CC(C)(C)CC1C(C)(C)C(NC(C)(C)C)C1(C)C. The number of hydrogen-bond acceptors (Lipinski definition) is 1. The lowest BCUT2D eigenvalue weighted by Gasteiger charge is -2.67. The second-order valence-electron chi connectivity index (χ2n) is 9.79. The molecule has 1 fully saturated rings. The van der Waals surface area contributed by atoms with Gasteiger partial charge in [0, 0.05) is 11.6 Å². The summed E-state index contributed by atoms with van der Waals surface area (Å²) in [6.45, 7) is 23.7. The smallest absolute Gasteiger partial charge is 0.0180 e. The van der Waals surface area contributed by atoms with Gasteiger partial charge in [-0.05, 0) is 49.4 Å². The predicted molar refractivity (Wildman–Crippen MR) is 81.8 cm³/mol. The Labute approximate surface area is 115 Å². The molecule has 18 heavy (non-hydrogen) atoms. The quantitative estimate of drug-likeness (QED) is 0.741. The van der Waals surface area contributed by atoms with Crippen LogP contribution in [-0.4, -0.2) is 11.6 Å². The summed E-state index contributed by atoms with van der Waals surface area (Å²) in [6.07, 6.45) is 1.31. The minimum atomic E-state index is 0.200. The van der Waals surface area contributed by atoms with Crippen molar-refractivity contribution in [2.45, 2.75) is 87.2 Å². The van der Waals surface area contributed by atoms with E-state index < -0.39 is 0 Å². The van der Waals surface area contributed by atoms with Crippen molar-refractivity contribution in [3.63, 3.8) is 0 Å². The fourth-order valence-corrected chi connectivity index (χ4v) is 4.17. The van der Waals surface area contributed by atoms with Crippen LogP contribution in [0.15, 0.2) is 0 Å². The molecule has 0 saturated heterocycles. The van der Waals surface area contributed by atoms with Gasteiger partial charge >= 0.3 is 0 Å². The van der Waals surface area contributed by atoms with Gasteiger partial charge in [0.2, 0.25) is 0 Å². The fourth-order valence-electron chi connectivity index (χ4n) is 4.17. The second-order valence-corrected chi connectivity index (χ2v) is 9.79. The van der Waals surface area contributed by atoms with Crippen molar-refractivity contribution >= 4 is 0 Å². The van der Waals surface area contributed by atoms with E-state index in [0.29, 0.717) is 22.3 Å². The fraction of sp³-hybridized carbons (Fsp3) is 1.00. The normalized spacial score (nSPS) is 31.0. The van der Waals surface area contributed by atoms with Gasteiger partial charge in [0.15, 0.2) is 0 Å². The molecule has 1 saturated carbocycles. The third kappa shape index (κ3) is 3.10. The van der Waals surface area contributed by atoms with E-state index in [-0.39, 0.29) is 5.54 Å². The van der Waals surface area contributed by atoms with Crippen molar-refractivity contribution in [3.05, 3.63) is 0 Å². The van der Waals surface area contributed by atoms with E-state index in [1.165, 1.54) is 6.42 Å². The van der Waals surface area contributed by atoms with Crippen LogP contribution in [0.5, 0.6) is 0 Å². The summed E-state index contributed by atoms with van der Waals surface area (Å²) in [4.78, 5) is 0. The van der Waals surface area contributed by atoms with Gasteiger partial charge < -0.3 is 5.32 Å². The third-order valence-corrected chi connectivity index (χ3v) is 4.68. The molecule has 0 radical (unpaired) electrons. The zero-order chi connectivity index (χ0) is 14.6. The summed E-state index contributed by atoms with van der Waals surface area (Å²) in [5.41, 5.74) is 1.41. The highest BCUT2D eigenvalue weighted by atomic mass is 15.1. The summed E-state index contributed by atoms with van der Waals surface area (Å²) in [5.74, 6) is 0.796. The topological polar surface area (TPSA) is 12.0 Å². The molecule has 0 aromatic rings. The summed E-state index contributed by atoms with van der Waals surface area (Å²) >= 11 is 0. The Morgan fingerprint density at radius 1 is 0.833 bits per heavy atom. The van der Waals surface area contributed by atoms with Gasteiger partial charge in [0.1, 0.15) is 0 Å². The maximum atomic E-state index is 3.85. The summed E-state index contributed by atoms with van der Waals surface area (Å²) in [7, 11) is 0. The van der Waals surface area contributed by atoms with Gasteiger partial charge in [-0.2, -0.15) is 0 Å². The largest absolute Gasteiger partial charge is 0.308 e. The van der Waals surface area contributed by atoms with Crippen LogP contribution in [-0.2, 0) is 0 Å². The van der Waals surface area contributed by atoms with Crippen LogP contribution in [0.1, 0.15) is 75.7 Å². The van der Waals surface area contributed by atoms with Crippen molar-refractivity contribution < 1.29 is 0 Å². The molecule has 0 heterocycles. The van der Waals surface area contributed by atoms with Crippen molar-refractivity contribution in [1.82, 2.24) is 5.32 Å². The van der Waals surface area contributed by atoms with Gasteiger partial charge in [-0.3, -0.25) is 0 Å². The van der Waals surface area contributed by atoms with Crippen molar-refractivity contribution in [2.24, 2.45) is 22.2 Å². The van der Waals surface area contributed by atoms with Gasteiger partial charge in [0.05, 0.1) is 0 Å². The standard InChI is InChI=1S/C17H35N/c1-14(2,3)11-12-16(7,8)13(17(12,9)10)18-15(4,5)6/h12-13,18H,11H2,1-10H3. The van der Waals surface area contributed by atoms with Gasteiger partial charge in [-0.25, -0.2) is 0 Å². The highest BCUT2D eigenvalue weighted by molar-refractivity contribution is 5.14. The van der Waals surface area contributed by atoms with E-state index in [0.717, 1.165) is 5.92 Å². The first-order chi connectivity index (χ1) is 7.68. The molecule has 0 amide bonds. The molecule has 1 nitrogen and oxygen atoms in total. The van der Waals surface area contributed by atoms with Crippen molar-refractivity contribution in [1.29, 1.82) is 0 Å². The zero-order valence-corrected chi connectivity index (χ0v) is 14.4. The molecule has 0 unspecified atom stereocenters. The maximum absolute atomic E-state index is 3.85. The molecule has 0 atom stereocenters. The van der Waals surface area contributed by atoms with Crippen LogP contribution < -0.4 is 5.32 Å². The molecule has 108 valence electrons. The Kier molecular flexibility index (Phi) is 3.76. The van der Waals surface area contributed by atoms with Gasteiger partial charge in [-0.15, -0.1) is 0 Å². The monoisotopic (exact) mass is 253 g/mol. The number of nitrogens with one attached hydrogen (secondary N) is 1. The minimum absolute atomic E-state index is 0.200. The molecular weight excluding hydrogens is 218 g/mol. The van der Waals surface area contributed by atoms with Crippen LogP contribution >= 0.6 is 0 Å². The molecule has 1 heteroatoms. The van der Waals surface area contributed by atoms with Crippen LogP contribution in [0.25, 0.3) is 0 Å². The molecule has 0 bridgehead atoms. The Bertz CT molecular complexity index is 255. The molecule has 1 aliphatic carbocycles. The lowest BCUT2D eigenvalue weighted by molar-refractivity contribution is -0.149. The van der Waals surface area contributed by atoms with E-state index in [9.17, 15) is 0 Å². The average Bonchev–Trinajstić information content (AvgIpc) is 2.07. The molecule has 1 N–H and O–H groups in total. The summed E-state index contributed by atoms with van der Waals surface area (Å²) in [6, 6.07) is 0.609. The molecule has 0 aromatic carbocycles. The van der Waals surface area contributed by atoms with E-state index in [1.807, 2.05) is 0 Å². The highest BCUT2D eigenvalue weighted by Crippen LogP contribution is 2.62. The number of hydrogen-bond donors (Lipinski definition) is 1. The average molecular weight is 253 g/mol. The molecule has 0 aliphatic heterocycles. The first kappa shape index (κ1) is 16.0. The Morgan fingerprint density at radius 2 is 1.22 bits per heavy atom. The molecule has 1 aliphatic rings. The van der Waals surface area contributed by atoms with Crippen LogP contribution in [0.2, 0.25) is 0 Å². The Morgan fingerprint density at radius 3 is 1.50 bits per heavy atom. The van der Waals surface area contributed by atoms with Crippen LogP contribution in [0.3, 0.4) is 0 Å². The van der Waals surface area contributed by atoms with E-state index in [2.05, 4.69) is 74.6 Å². The van der Waals surface area contributed by atoms with Gasteiger partial charge in [-0.1, -0.05) is 48.5 Å². The van der Waals surface area contributed by atoms with Crippen molar-refractivity contribution in [3.8, 4) is 0 Å². The minimum Gasteiger partial charge on any atom is -0.308 e. The maximum Gasteiger partial charge on any atom is 0.0180 e. The van der Waals surface area contributed by atoms with Crippen LogP contribution in [0.4, 0.5) is 0 Å². The second kappa shape index (κ2) is 4.23. The summed E-state index contributed by atoms with van der Waals surface area (Å²) in [5, 5.41) is 3.85. The van der Waals surface area contributed by atoms with Crippen LogP contribution in [0, 0.1) is 22.2 Å². The lowest BCUT2D eigenvalue weighted by Crippen LogP contribution is -2.72. The molecular formula is C17H35N. The van der Waals surface area contributed by atoms with E-state index in [1.54, 1.807) is 0 Å². The van der Waals surface area contributed by atoms with E-state index in [4.69, 9.17) is 0 Å². The third-order valence-electron chi connectivity index (χ3n) is 4.68. The zero-order valence-electron chi connectivity index (χ0n) is 14.4. The first-order valence-electron chi connectivity index (χ1n) is 7.46. The molecule has 0 aromatic heterocycles. The van der Waals surface area contributed by atoms with Crippen molar-refractivity contribution in [2.75, 3.05) is 0 Å². The lowest BCUT2D eigenvalue weighted by atomic mass is 9.42.